The van der Waals surface area contributed by atoms with Crippen LogP contribution in [0.4, 0.5) is 4.79 Å². The number of hydrogen-bond acceptors (Lipinski definition) is 7. The number of alkyl carbamates (subject to hydrolysis) is 1. The van der Waals surface area contributed by atoms with Crippen LogP contribution in [0.3, 0.4) is 0 Å². The van der Waals surface area contributed by atoms with E-state index in [0.717, 1.165) is 12.8 Å². The van der Waals surface area contributed by atoms with Crippen molar-refractivity contribution in [1.82, 2.24) is 5.32 Å². The normalized spacial score (nSPS) is 9.92. The summed E-state index contributed by atoms with van der Waals surface area (Å²) in [5, 5.41) is 2.48. The molecule has 0 bridgehead atoms. The van der Waals surface area contributed by atoms with E-state index in [1.54, 1.807) is 13.8 Å². The van der Waals surface area contributed by atoms with Gasteiger partial charge in [0.05, 0.1) is 19.8 Å². The first kappa shape index (κ1) is 23.6. The number of hydrogen-bond donors (Lipinski definition) is 1. The number of carbonyl (C=O) groups excluding carboxylic acids is 3. The standard InChI is InChI=1S/C18H29NO7/c1-14(2)16(20)24-11-8-19-18(22)26-10-7-5-6-9-23-12-13-25-17(21)15(3)4/h1,3,5-13H2,2,4H3,(H,19,22). The molecule has 0 fully saturated rings. The molecule has 0 saturated heterocycles. The highest BCUT2D eigenvalue weighted by atomic mass is 16.6. The molecule has 0 heterocycles. The monoisotopic (exact) mass is 371 g/mol. The Bertz CT molecular complexity index is 488. The van der Waals surface area contributed by atoms with Crippen LogP contribution in [0.15, 0.2) is 24.3 Å². The highest BCUT2D eigenvalue weighted by molar-refractivity contribution is 5.87. The molecule has 0 rings (SSSR count). The van der Waals surface area contributed by atoms with E-state index in [9.17, 15) is 14.4 Å². The Kier molecular flexibility index (Phi) is 13.6. The van der Waals surface area contributed by atoms with Crippen molar-refractivity contribution in [3.05, 3.63) is 24.3 Å². The van der Waals surface area contributed by atoms with E-state index in [-0.39, 0.29) is 19.8 Å². The first-order valence-corrected chi connectivity index (χ1v) is 8.48. The quantitative estimate of drug-likeness (QED) is 0.216. The number of ether oxygens (including phenoxy) is 4. The molecule has 0 aromatic carbocycles. The van der Waals surface area contributed by atoms with Crippen LogP contribution in [0, 0.1) is 0 Å². The minimum atomic E-state index is -0.549. The van der Waals surface area contributed by atoms with Crippen LogP contribution in [-0.2, 0) is 28.5 Å². The van der Waals surface area contributed by atoms with Gasteiger partial charge >= 0.3 is 18.0 Å². The minimum Gasteiger partial charge on any atom is -0.460 e. The third-order valence-electron chi connectivity index (χ3n) is 2.93. The van der Waals surface area contributed by atoms with Crippen molar-refractivity contribution >= 4 is 18.0 Å². The van der Waals surface area contributed by atoms with Crippen molar-refractivity contribution in [2.24, 2.45) is 0 Å². The first-order chi connectivity index (χ1) is 12.3. The molecule has 8 heteroatoms. The first-order valence-electron chi connectivity index (χ1n) is 8.48. The van der Waals surface area contributed by atoms with Crippen molar-refractivity contribution in [1.29, 1.82) is 0 Å². The Hall–Kier alpha value is -2.35. The summed E-state index contributed by atoms with van der Waals surface area (Å²) >= 11 is 0. The van der Waals surface area contributed by atoms with Crippen LogP contribution < -0.4 is 5.32 Å². The molecule has 0 radical (unpaired) electrons. The molecule has 0 aliphatic heterocycles. The maximum absolute atomic E-state index is 11.4. The fourth-order valence-corrected chi connectivity index (χ4v) is 1.54. The van der Waals surface area contributed by atoms with Gasteiger partial charge in [-0.15, -0.1) is 0 Å². The van der Waals surface area contributed by atoms with Crippen molar-refractivity contribution in [2.75, 3.05) is 39.6 Å². The largest absolute Gasteiger partial charge is 0.460 e. The van der Waals surface area contributed by atoms with Gasteiger partial charge in [-0.2, -0.15) is 0 Å². The lowest BCUT2D eigenvalue weighted by atomic mass is 10.2. The van der Waals surface area contributed by atoms with E-state index in [1.807, 2.05) is 0 Å². The van der Waals surface area contributed by atoms with Crippen LogP contribution in [0.2, 0.25) is 0 Å². The highest BCUT2D eigenvalue weighted by Crippen LogP contribution is 1.98. The summed E-state index contributed by atoms with van der Waals surface area (Å²) in [6.07, 6.45) is 1.82. The van der Waals surface area contributed by atoms with Gasteiger partial charge < -0.3 is 24.3 Å². The average Bonchev–Trinajstić information content (AvgIpc) is 2.59. The summed E-state index contributed by atoms with van der Waals surface area (Å²) in [5.41, 5.74) is 0.673. The fraction of sp³-hybridized carbons (Fsp3) is 0.611. The molecule has 148 valence electrons. The molecule has 0 atom stereocenters. The van der Waals surface area contributed by atoms with Crippen LogP contribution >= 0.6 is 0 Å². The second-order valence-electron chi connectivity index (χ2n) is 5.57. The van der Waals surface area contributed by atoms with Gasteiger partial charge in [0, 0.05) is 17.8 Å². The van der Waals surface area contributed by atoms with Crippen molar-refractivity contribution in [3.8, 4) is 0 Å². The molecule has 0 unspecified atom stereocenters. The van der Waals surface area contributed by atoms with E-state index < -0.39 is 18.0 Å². The second kappa shape index (κ2) is 14.9. The van der Waals surface area contributed by atoms with E-state index in [4.69, 9.17) is 18.9 Å². The molecule has 0 spiro atoms. The third kappa shape index (κ3) is 14.0. The smallest absolute Gasteiger partial charge is 0.407 e. The van der Waals surface area contributed by atoms with E-state index in [1.165, 1.54) is 0 Å². The lowest BCUT2D eigenvalue weighted by molar-refractivity contribution is -0.140. The third-order valence-corrected chi connectivity index (χ3v) is 2.93. The Morgan fingerprint density at radius 1 is 0.731 bits per heavy atom. The van der Waals surface area contributed by atoms with Crippen LogP contribution in [0.25, 0.3) is 0 Å². The van der Waals surface area contributed by atoms with Gasteiger partial charge in [-0.05, 0) is 33.1 Å². The topological polar surface area (TPSA) is 100 Å². The second-order valence-corrected chi connectivity index (χ2v) is 5.57. The van der Waals surface area contributed by atoms with Gasteiger partial charge in [0.2, 0.25) is 0 Å². The Balaban J connectivity index is 3.35. The zero-order valence-electron chi connectivity index (χ0n) is 15.6. The lowest BCUT2D eigenvalue weighted by Gasteiger charge is -2.08. The summed E-state index contributed by atoms with van der Waals surface area (Å²) in [6, 6.07) is 0. The molecule has 0 saturated carbocycles. The molecule has 8 nitrogen and oxygen atoms in total. The maximum Gasteiger partial charge on any atom is 0.407 e. The highest BCUT2D eigenvalue weighted by Gasteiger charge is 2.05. The molecule has 1 amide bonds. The summed E-state index contributed by atoms with van der Waals surface area (Å²) in [5.74, 6) is -0.908. The molecular formula is C18H29NO7. The molecule has 0 aromatic rings. The molecule has 1 N–H and O–H groups in total. The SMILES string of the molecule is C=C(C)C(=O)OCCNC(=O)OCCCCCOCCOC(=O)C(=C)C. The average molecular weight is 371 g/mol. The van der Waals surface area contributed by atoms with Gasteiger partial charge in [0.1, 0.15) is 13.2 Å². The fourth-order valence-electron chi connectivity index (χ4n) is 1.54. The molecule has 0 aliphatic carbocycles. The van der Waals surface area contributed by atoms with E-state index >= 15 is 0 Å². The summed E-state index contributed by atoms with van der Waals surface area (Å²) < 4.78 is 20.0. The predicted octanol–water partition coefficient (Wildman–Crippen LogP) is 2.14. The lowest BCUT2D eigenvalue weighted by Crippen LogP contribution is -2.29. The number of nitrogens with one attached hydrogen (secondary N) is 1. The zero-order chi connectivity index (χ0) is 19.8. The van der Waals surface area contributed by atoms with Crippen LogP contribution in [0.5, 0.6) is 0 Å². The van der Waals surface area contributed by atoms with E-state index in [2.05, 4.69) is 18.5 Å². The van der Waals surface area contributed by atoms with Gasteiger partial charge in [-0.25, -0.2) is 14.4 Å². The van der Waals surface area contributed by atoms with Crippen molar-refractivity contribution in [3.63, 3.8) is 0 Å². The van der Waals surface area contributed by atoms with Gasteiger partial charge in [0.15, 0.2) is 0 Å². The Morgan fingerprint density at radius 3 is 1.92 bits per heavy atom. The Labute approximate surface area is 154 Å². The molecule has 26 heavy (non-hydrogen) atoms. The molecular weight excluding hydrogens is 342 g/mol. The maximum atomic E-state index is 11.4. The number of carbonyl (C=O) groups is 3. The van der Waals surface area contributed by atoms with Gasteiger partial charge in [-0.1, -0.05) is 13.2 Å². The predicted molar refractivity (Wildman–Crippen MR) is 95.6 cm³/mol. The number of unbranched alkanes of at least 4 members (excludes halogenated alkanes) is 2. The van der Waals surface area contributed by atoms with Crippen LogP contribution in [-0.4, -0.2) is 57.6 Å². The number of rotatable bonds is 14. The number of esters is 2. The molecule has 0 aliphatic rings. The summed E-state index contributed by atoms with van der Waals surface area (Å²) in [4.78, 5) is 33.6. The van der Waals surface area contributed by atoms with Crippen molar-refractivity contribution < 1.29 is 33.3 Å². The zero-order valence-corrected chi connectivity index (χ0v) is 15.6. The van der Waals surface area contributed by atoms with Gasteiger partial charge in [-0.3, -0.25) is 0 Å². The summed E-state index contributed by atoms with van der Waals surface area (Å²) in [7, 11) is 0. The summed E-state index contributed by atoms with van der Waals surface area (Å²) in [6.45, 7) is 11.7. The number of amides is 1. The van der Waals surface area contributed by atoms with Gasteiger partial charge in [0.25, 0.3) is 0 Å². The van der Waals surface area contributed by atoms with Crippen LogP contribution in [0.1, 0.15) is 33.1 Å². The van der Waals surface area contributed by atoms with E-state index in [0.29, 0.717) is 37.4 Å². The Morgan fingerprint density at radius 2 is 1.31 bits per heavy atom. The van der Waals surface area contributed by atoms with Crippen molar-refractivity contribution in [2.45, 2.75) is 33.1 Å². The minimum absolute atomic E-state index is 0.0693. The molecule has 0 aromatic heterocycles.